The fourth-order valence-electron chi connectivity index (χ4n) is 1.24. The average molecular weight is 283 g/mol. The van der Waals surface area contributed by atoms with Gasteiger partial charge in [0, 0.05) is 19.7 Å². The number of carbonyl (C=O) groups excluding carboxylic acids is 1. The van der Waals surface area contributed by atoms with E-state index < -0.39 is 0 Å². The van der Waals surface area contributed by atoms with Gasteiger partial charge in [-0.3, -0.25) is 4.79 Å². The highest BCUT2D eigenvalue weighted by Crippen LogP contribution is 2.23. The lowest BCUT2D eigenvalue weighted by Gasteiger charge is -2.12. The molecule has 94 valence electrons. The summed E-state index contributed by atoms with van der Waals surface area (Å²) < 4.78 is 0. The predicted octanol–water partition coefficient (Wildman–Crippen LogP) is 3.38. The first-order valence-corrected chi connectivity index (χ1v) is 6.05. The van der Waals surface area contributed by atoms with Crippen LogP contribution in [-0.4, -0.2) is 24.4 Å². The summed E-state index contributed by atoms with van der Waals surface area (Å²) in [5.41, 5.74) is 0.798. The molecule has 0 unspecified atom stereocenters. The molecular formula is C13H12Cl2N2O. The molecule has 18 heavy (non-hydrogen) atoms. The first kappa shape index (κ1) is 14.6. The third-order valence-electron chi connectivity index (χ3n) is 2.30. The topological polar surface area (TPSA) is 44.1 Å². The van der Waals surface area contributed by atoms with Gasteiger partial charge in [0.1, 0.15) is 0 Å². The summed E-state index contributed by atoms with van der Waals surface area (Å²) in [5.74, 6) is -0.156. The fraction of sp³-hybridized carbons (Fsp3) is 0.231. The quantitative estimate of drug-likeness (QED) is 0.795. The summed E-state index contributed by atoms with van der Waals surface area (Å²) in [6.07, 6.45) is 3.42. The molecule has 5 heteroatoms. The van der Waals surface area contributed by atoms with E-state index in [9.17, 15) is 4.79 Å². The van der Waals surface area contributed by atoms with Gasteiger partial charge in [0.25, 0.3) is 0 Å². The monoisotopic (exact) mass is 282 g/mol. The Balaban J connectivity index is 2.66. The third-order valence-corrected chi connectivity index (χ3v) is 3.04. The largest absolute Gasteiger partial charge is 0.341 e. The van der Waals surface area contributed by atoms with Crippen molar-refractivity contribution in [3.63, 3.8) is 0 Å². The second-order valence-corrected chi connectivity index (χ2v) is 4.49. The molecule has 0 saturated heterocycles. The summed E-state index contributed by atoms with van der Waals surface area (Å²) in [6, 6.07) is 7.12. The van der Waals surface area contributed by atoms with E-state index in [2.05, 4.69) is 0 Å². The second-order valence-electron chi connectivity index (χ2n) is 3.67. The zero-order valence-corrected chi connectivity index (χ0v) is 11.4. The first-order chi connectivity index (χ1) is 8.54. The predicted molar refractivity (Wildman–Crippen MR) is 73.4 cm³/mol. The highest BCUT2D eigenvalue weighted by Gasteiger charge is 2.03. The lowest BCUT2D eigenvalue weighted by molar-refractivity contribution is -0.124. The Labute approximate surface area is 116 Å². The van der Waals surface area contributed by atoms with E-state index in [1.54, 1.807) is 31.3 Å². The normalized spacial score (nSPS) is 10.3. The van der Waals surface area contributed by atoms with Gasteiger partial charge in [-0.2, -0.15) is 5.26 Å². The van der Waals surface area contributed by atoms with Crippen LogP contribution < -0.4 is 0 Å². The molecule has 0 aliphatic rings. The van der Waals surface area contributed by atoms with Crippen LogP contribution in [0, 0.1) is 11.3 Å². The van der Waals surface area contributed by atoms with Crippen LogP contribution in [0.4, 0.5) is 0 Å². The number of rotatable bonds is 4. The number of nitriles is 1. The minimum Gasteiger partial charge on any atom is -0.341 e. The van der Waals surface area contributed by atoms with Crippen molar-refractivity contribution in [3.05, 3.63) is 39.9 Å². The van der Waals surface area contributed by atoms with Gasteiger partial charge < -0.3 is 4.90 Å². The first-order valence-electron chi connectivity index (χ1n) is 5.30. The molecule has 0 aromatic heterocycles. The summed E-state index contributed by atoms with van der Waals surface area (Å²) in [4.78, 5) is 13.1. The van der Waals surface area contributed by atoms with E-state index >= 15 is 0 Å². The molecule has 0 heterocycles. The molecule has 3 nitrogen and oxygen atoms in total. The SMILES string of the molecule is CN(CCC#N)C(=O)/C=C/c1ccc(Cl)c(Cl)c1. The number of amides is 1. The van der Waals surface area contributed by atoms with E-state index in [-0.39, 0.29) is 5.91 Å². The van der Waals surface area contributed by atoms with Crippen LogP contribution in [0.2, 0.25) is 10.0 Å². The number of nitrogens with zero attached hydrogens (tertiary/aromatic N) is 2. The van der Waals surface area contributed by atoms with Crippen molar-refractivity contribution >= 4 is 35.2 Å². The van der Waals surface area contributed by atoms with Gasteiger partial charge in [-0.05, 0) is 23.8 Å². The van der Waals surface area contributed by atoms with Crippen LogP contribution in [0.1, 0.15) is 12.0 Å². The van der Waals surface area contributed by atoms with Gasteiger partial charge in [-0.25, -0.2) is 0 Å². The van der Waals surface area contributed by atoms with Gasteiger partial charge in [0.05, 0.1) is 22.5 Å². The summed E-state index contributed by atoms with van der Waals surface area (Å²) in [6.45, 7) is 0.418. The van der Waals surface area contributed by atoms with Crippen molar-refractivity contribution in [2.75, 3.05) is 13.6 Å². The van der Waals surface area contributed by atoms with Crippen molar-refractivity contribution in [2.45, 2.75) is 6.42 Å². The highest BCUT2D eigenvalue weighted by molar-refractivity contribution is 6.42. The highest BCUT2D eigenvalue weighted by atomic mass is 35.5. The van der Waals surface area contributed by atoms with Crippen molar-refractivity contribution in [1.82, 2.24) is 4.90 Å². The van der Waals surface area contributed by atoms with Gasteiger partial charge in [0.15, 0.2) is 0 Å². The molecule has 0 N–H and O–H groups in total. The molecule has 0 aliphatic carbocycles. The lowest BCUT2D eigenvalue weighted by Crippen LogP contribution is -2.25. The molecule has 1 aromatic carbocycles. The standard InChI is InChI=1S/C13H12Cl2N2O/c1-17(8-2-7-16)13(18)6-4-10-3-5-11(14)12(15)9-10/h3-6,9H,2,8H2,1H3/b6-4+. The summed E-state index contributed by atoms with van der Waals surface area (Å²) in [5, 5.41) is 9.35. The van der Waals surface area contributed by atoms with Crippen LogP contribution in [0.25, 0.3) is 6.08 Å². The zero-order valence-electron chi connectivity index (χ0n) is 9.86. The van der Waals surface area contributed by atoms with Crippen LogP contribution in [0.3, 0.4) is 0 Å². The molecule has 0 spiro atoms. The Kier molecular flexibility index (Phi) is 5.70. The van der Waals surface area contributed by atoms with E-state index in [0.29, 0.717) is 23.0 Å². The van der Waals surface area contributed by atoms with Crippen LogP contribution >= 0.6 is 23.2 Å². The number of hydrogen-bond acceptors (Lipinski definition) is 2. The molecule has 1 amide bonds. The van der Waals surface area contributed by atoms with Crippen molar-refractivity contribution in [2.24, 2.45) is 0 Å². The van der Waals surface area contributed by atoms with Crippen LogP contribution in [0.15, 0.2) is 24.3 Å². The summed E-state index contributed by atoms with van der Waals surface area (Å²) in [7, 11) is 1.65. The van der Waals surface area contributed by atoms with E-state index in [0.717, 1.165) is 5.56 Å². The minimum atomic E-state index is -0.156. The van der Waals surface area contributed by atoms with Gasteiger partial charge in [0.2, 0.25) is 5.91 Å². The van der Waals surface area contributed by atoms with Crippen molar-refractivity contribution < 1.29 is 4.79 Å². The molecular weight excluding hydrogens is 271 g/mol. The molecule has 0 aliphatic heterocycles. The number of likely N-dealkylation sites (N-methyl/N-ethyl adjacent to an activating group) is 1. The number of carbonyl (C=O) groups is 1. The molecule has 0 saturated carbocycles. The van der Waals surface area contributed by atoms with E-state index in [4.69, 9.17) is 28.5 Å². The fourth-order valence-corrected chi connectivity index (χ4v) is 1.55. The lowest BCUT2D eigenvalue weighted by atomic mass is 10.2. The molecule has 0 fully saturated rings. The van der Waals surface area contributed by atoms with E-state index in [1.165, 1.54) is 11.0 Å². The van der Waals surface area contributed by atoms with Crippen LogP contribution in [-0.2, 0) is 4.79 Å². The summed E-state index contributed by atoms with van der Waals surface area (Å²) >= 11 is 11.7. The zero-order chi connectivity index (χ0) is 13.5. The van der Waals surface area contributed by atoms with Crippen molar-refractivity contribution in [3.8, 4) is 6.07 Å². The van der Waals surface area contributed by atoms with E-state index in [1.807, 2.05) is 6.07 Å². The molecule has 1 aromatic rings. The number of benzene rings is 1. The number of hydrogen-bond donors (Lipinski definition) is 0. The minimum absolute atomic E-state index is 0.156. The maximum Gasteiger partial charge on any atom is 0.246 e. The smallest absolute Gasteiger partial charge is 0.246 e. The molecule has 0 atom stereocenters. The maximum absolute atomic E-state index is 11.6. The van der Waals surface area contributed by atoms with Crippen molar-refractivity contribution in [1.29, 1.82) is 5.26 Å². The van der Waals surface area contributed by atoms with Gasteiger partial charge in [-0.1, -0.05) is 29.3 Å². The maximum atomic E-state index is 11.6. The molecule has 1 rings (SSSR count). The van der Waals surface area contributed by atoms with Gasteiger partial charge in [-0.15, -0.1) is 0 Å². The Bertz CT molecular complexity index is 506. The van der Waals surface area contributed by atoms with Crippen LogP contribution in [0.5, 0.6) is 0 Å². The Hall–Kier alpha value is -1.50. The second kappa shape index (κ2) is 7.05. The molecule has 0 bridgehead atoms. The Morgan fingerprint density at radius 1 is 1.44 bits per heavy atom. The Morgan fingerprint density at radius 3 is 2.78 bits per heavy atom. The average Bonchev–Trinajstić information content (AvgIpc) is 2.36. The molecule has 0 radical (unpaired) electrons. The third kappa shape index (κ3) is 4.40. The Morgan fingerprint density at radius 2 is 2.17 bits per heavy atom. The number of halogens is 2. The van der Waals surface area contributed by atoms with Gasteiger partial charge >= 0.3 is 0 Å².